The van der Waals surface area contributed by atoms with Crippen molar-refractivity contribution in [2.45, 2.75) is 19.8 Å². The van der Waals surface area contributed by atoms with Crippen LogP contribution in [0, 0.1) is 0 Å². The third-order valence-electron chi connectivity index (χ3n) is 2.63. The number of nitrogens with zero attached hydrogens (tertiary/aromatic N) is 1. The lowest BCUT2D eigenvalue weighted by Gasteiger charge is -2.03. The molecule has 4 nitrogen and oxygen atoms in total. The van der Waals surface area contributed by atoms with Gasteiger partial charge in [-0.1, -0.05) is 43.7 Å². The van der Waals surface area contributed by atoms with E-state index in [1.807, 2.05) is 30.3 Å². The van der Waals surface area contributed by atoms with E-state index in [0.29, 0.717) is 18.0 Å². The molecule has 94 valence electrons. The highest BCUT2D eigenvalue weighted by molar-refractivity contribution is 5.97. The Hall–Kier alpha value is -2.10. The highest BCUT2D eigenvalue weighted by atomic mass is 16.3. The zero-order valence-electron chi connectivity index (χ0n) is 10.3. The van der Waals surface area contributed by atoms with Crippen LogP contribution in [0.3, 0.4) is 0 Å². The highest BCUT2D eigenvalue weighted by Crippen LogP contribution is 2.22. The molecule has 1 amide bonds. The van der Waals surface area contributed by atoms with Crippen LogP contribution in [0.25, 0.3) is 11.3 Å². The Kier molecular flexibility index (Phi) is 4.12. The molecular formula is C14H16N2O2. The maximum absolute atomic E-state index is 11.9. The summed E-state index contributed by atoms with van der Waals surface area (Å²) in [6.45, 7) is 2.74. The minimum Gasteiger partial charge on any atom is -0.443 e. The van der Waals surface area contributed by atoms with Crippen LogP contribution >= 0.6 is 0 Å². The summed E-state index contributed by atoms with van der Waals surface area (Å²) < 4.78 is 5.31. The molecule has 0 atom stereocenters. The zero-order valence-corrected chi connectivity index (χ0v) is 10.3. The summed E-state index contributed by atoms with van der Waals surface area (Å²) in [6.07, 6.45) is 3.31. The van der Waals surface area contributed by atoms with E-state index in [4.69, 9.17) is 4.42 Å². The molecule has 0 saturated heterocycles. The molecule has 1 aromatic carbocycles. The maximum Gasteiger partial charge on any atom is 0.273 e. The minimum absolute atomic E-state index is 0.184. The number of hydrogen-bond acceptors (Lipinski definition) is 3. The first kappa shape index (κ1) is 12.4. The number of unbranched alkanes of at least 4 members (excludes halogenated alkanes) is 1. The molecule has 0 radical (unpaired) electrons. The topological polar surface area (TPSA) is 55.1 Å². The van der Waals surface area contributed by atoms with Crippen LogP contribution in [0.15, 0.2) is 41.1 Å². The van der Waals surface area contributed by atoms with Crippen LogP contribution in [0.1, 0.15) is 30.3 Å². The summed E-state index contributed by atoms with van der Waals surface area (Å²) in [5, 5.41) is 2.83. The van der Waals surface area contributed by atoms with Crippen LogP contribution in [-0.2, 0) is 0 Å². The fraction of sp³-hybridized carbons (Fsp3) is 0.286. The van der Waals surface area contributed by atoms with Crippen molar-refractivity contribution >= 4 is 5.91 Å². The van der Waals surface area contributed by atoms with E-state index in [9.17, 15) is 4.79 Å². The quantitative estimate of drug-likeness (QED) is 0.823. The molecule has 0 bridgehead atoms. The Bertz CT molecular complexity index is 506. The van der Waals surface area contributed by atoms with Crippen molar-refractivity contribution in [3.8, 4) is 11.3 Å². The molecule has 0 saturated carbocycles. The van der Waals surface area contributed by atoms with Gasteiger partial charge in [0.1, 0.15) is 0 Å². The summed E-state index contributed by atoms with van der Waals surface area (Å²) in [5.74, 6) is 0.334. The molecule has 0 fully saturated rings. The molecule has 0 spiro atoms. The standard InChI is InChI=1S/C14H16N2O2/c1-2-3-9-15-14(17)12-13(18-10-16-12)11-7-5-4-6-8-11/h4-8,10H,2-3,9H2,1H3,(H,15,17). The first-order valence-corrected chi connectivity index (χ1v) is 6.10. The van der Waals surface area contributed by atoms with E-state index < -0.39 is 0 Å². The summed E-state index contributed by atoms with van der Waals surface area (Å²) in [7, 11) is 0. The van der Waals surface area contributed by atoms with Gasteiger partial charge < -0.3 is 9.73 Å². The number of rotatable bonds is 5. The van der Waals surface area contributed by atoms with Crippen LogP contribution in [-0.4, -0.2) is 17.4 Å². The third kappa shape index (κ3) is 2.77. The SMILES string of the molecule is CCCCNC(=O)c1ncoc1-c1ccccc1. The normalized spacial score (nSPS) is 10.3. The third-order valence-corrected chi connectivity index (χ3v) is 2.63. The Morgan fingerprint density at radius 1 is 1.33 bits per heavy atom. The van der Waals surface area contributed by atoms with Crippen molar-refractivity contribution in [2.75, 3.05) is 6.54 Å². The fourth-order valence-corrected chi connectivity index (χ4v) is 1.66. The average molecular weight is 244 g/mol. The van der Waals surface area contributed by atoms with Crippen molar-refractivity contribution in [3.63, 3.8) is 0 Å². The molecule has 1 heterocycles. The molecule has 0 unspecified atom stereocenters. The summed E-state index contributed by atoms with van der Waals surface area (Å²) in [4.78, 5) is 15.9. The largest absolute Gasteiger partial charge is 0.443 e. The molecule has 0 aliphatic rings. The van der Waals surface area contributed by atoms with Gasteiger partial charge in [-0.15, -0.1) is 0 Å². The monoisotopic (exact) mass is 244 g/mol. The van der Waals surface area contributed by atoms with E-state index in [-0.39, 0.29) is 5.91 Å². The molecule has 2 rings (SSSR count). The van der Waals surface area contributed by atoms with Crippen LogP contribution in [0.2, 0.25) is 0 Å². The number of nitrogens with one attached hydrogen (secondary N) is 1. The van der Waals surface area contributed by atoms with Gasteiger partial charge in [0.05, 0.1) is 0 Å². The Morgan fingerprint density at radius 2 is 2.11 bits per heavy atom. The van der Waals surface area contributed by atoms with Crippen molar-refractivity contribution in [1.29, 1.82) is 0 Å². The van der Waals surface area contributed by atoms with E-state index in [2.05, 4.69) is 17.2 Å². The lowest BCUT2D eigenvalue weighted by atomic mass is 10.1. The van der Waals surface area contributed by atoms with Crippen LogP contribution in [0.5, 0.6) is 0 Å². The van der Waals surface area contributed by atoms with Gasteiger partial charge in [0.2, 0.25) is 0 Å². The lowest BCUT2D eigenvalue weighted by molar-refractivity contribution is 0.0949. The van der Waals surface area contributed by atoms with Gasteiger partial charge in [0.15, 0.2) is 17.8 Å². The minimum atomic E-state index is -0.184. The maximum atomic E-state index is 11.9. The molecule has 0 aliphatic carbocycles. The lowest BCUT2D eigenvalue weighted by Crippen LogP contribution is -2.25. The molecule has 0 aliphatic heterocycles. The molecule has 1 N–H and O–H groups in total. The Morgan fingerprint density at radius 3 is 2.83 bits per heavy atom. The van der Waals surface area contributed by atoms with Crippen LogP contribution < -0.4 is 5.32 Å². The van der Waals surface area contributed by atoms with Crippen LogP contribution in [0.4, 0.5) is 0 Å². The number of oxazole rings is 1. The van der Waals surface area contributed by atoms with Gasteiger partial charge in [-0.25, -0.2) is 4.98 Å². The summed E-state index contributed by atoms with van der Waals surface area (Å²) >= 11 is 0. The second-order valence-electron chi connectivity index (χ2n) is 4.01. The number of benzene rings is 1. The van der Waals surface area contributed by atoms with Gasteiger partial charge in [-0.3, -0.25) is 4.79 Å². The van der Waals surface area contributed by atoms with E-state index in [1.165, 1.54) is 6.39 Å². The Balaban J connectivity index is 2.15. The van der Waals surface area contributed by atoms with Crippen molar-refractivity contribution < 1.29 is 9.21 Å². The average Bonchev–Trinajstić information content (AvgIpc) is 2.89. The van der Waals surface area contributed by atoms with E-state index in [1.54, 1.807) is 0 Å². The summed E-state index contributed by atoms with van der Waals surface area (Å²) in [5.41, 5.74) is 1.20. The van der Waals surface area contributed by atoms with Crippen molar-refractivity contribution in [3.05, 3.63) is 42.4 Å². The van der Waals surface area contributed by atoms with Gasteiger partial charge in [-0.2, -0.15) is 0 Å². The Labute approximate surface area is 106 Å². The van der Waals surface area contributed by atoms with E-state index in [0.717, 1.165) is 18.4 Å². The second-order valence-corrected chi connectivity index (χ2v) is 4.01. The smallest absolute Gasteiger partial charge is 0.273 e. The molecular weight excluding hydrogens is 228 g/mol. The molecule has 2 aromatic rings. The molecule has 4 heteroatoms. The second kappa shape index (κ2) is 6.00. The fourth-order valence-electron chi connectivity index (χ4n) is 1.66. The van der Waals surface area contributed by atoms with Crippen molar-refractivity contribution in [2.24, 2.45) is 0 Å². The number of carbonyl (C=O) groups excluding carboxylic acids is 1. The number of hydrogen-bond donors (Lipinski definition) is 1. The first-order valence-electron chi connectivity index (χ1n) is 6.10. The highest BCUT2D eigenvalue weighted by Gasteiger charge is 2.17. The van der Waals surface area contributed by atoms with Gasteiger partial charge >= 0.3 is 0 Å². The molecule has 18 heavy (non-hydrogen) atoms. The summed E-state index contributed by atoms with van der Waals surface area (Å²) in [6, 6.07) is 9.50. The number of carbonyl (C=O) groups is 1. The zero-order chi connectivity index (χ0) is 12.8. The van der Waals surface area contributed by atoms with Gasteiger partial charge in [-0.05, 0) is 6.42 Å². The van der Waals surface area contributed by atoms with Gasteiger partial charge in [0.25, 0.3) is 5.91 Å². The van der Waals surface area contributed by atoms with Gasteiger partial charge in [0, 0.05) is 12.1 Å². The predicted molar refractivity (Wildman–Crippen MR) is 69.2 cm³/mol. The predicted octanol–water partition coefficient (Wildman–Crippen LogP) is 2.87. The number of amides is 1. The van der Waals surface area contributed by atoms with E-state index >= 15 is 0 Å². The molecule has 1 aromatic heterocycles. The first-order chi connectivity index (χ1) is 8.83. The number of aromatic nitrogens is 1. The van der Waals surface area contributed by atoms with Crippen molar-refractivity contribution in [1.82, 2.24) is 10.3 Å².